The van der Waals surface area contributed by atoms with E-state index in [-0.39, 0.29) is 17.5 Å². The van der Waals surface area contributed by atoms with Crippen molar-refractivity contribution in [3.63, 3.8) is 0 Å². The average molecular weight is 427 g/mol. The van der Waals surface area contributed by atoms with Crippen molar-refractivity contribution in [2.75, 3.05) is 0 Å². The van der Waals surface area contributed by atoms with Gasteiger partial charge < -0.3 is 14.9 Å². The molecule has 0 bridgehead atoms. The molecule has 0 aliphatic carbocycles. The lowest BCUT2D eigenvalue weighted by atomic mass is 9.79. The fraction of sp³-hybridized carbons (Fsp3) is 0.0500. The minimum Gasteiger partial charge on any atom is -0.508 e. The van der Waals surface area contributed by atoms with Crippen LogP contribution >= 0.6 is 27.7 Å². The molecule has 0 aromatic heterocycles. The van der Waals surface area contributed by atoms with E-state index in [0.29, 0.717) is 10.0 Å². The zero-order valence-corrected chi connectivity index (χ0v) is 15.6. The number of carbonyl (C=O) groups is 1. The van der Waals surface area contributed by atoms with E-state index in [2.05, 4.69) is 15.9 Å². The Hall–Kier alpha value is -2.44. The van der Waals surface area contributed by atoms with E-state index >= 15 is 0 Å². The summed E-state index contributed by atoms with van der Waals surface area (Å²) < 4.78 is 6.55. The molecule has 5 rings (SSSR count). The molecule has 2 N–H and O–H groups in total. The highest BCUT2D eigenvalue weighted by Gasteiger charge is 2.53. The highest BCUT2D eigenvalue weighted by atomic mass is 79.9. The third kappa shape index (κ3) is 1.88. The first-order valence-corrected chi connectivity index (χ1v) is 9.49. The lowest BCUT2D eigenvalue weighted by Crippen LogP contribution is -2.32. The Bertz CT molecular complexity index is 1110. The van der Waals surface area contributed by atoms with E-state index < -0.39 is 5.60 Å². The molecule has 0 radical (unpaired) electrons. The summed E-state index contributed by atoms with van der Waals surface area (Å²) >= 11 is 4.86. The molecule has 6 heteroatoms. The molecule has 1 atom stereocenters. The number of esters is 1. The Balaban J connectivity index is 1.93. The van der Waals surface area contributed by atoms with E-state index in [1.807, 2.05) is 18.2 Å². The summed E-state index contributed by atoms with van der Waals surface area (Å²) in [6.45, 7) is 0. The Kier molecular flexibility index (Phi) is 3.21. The summed E-state index contributed by atoms with van der Waals surface area (Å²) in [6.07, 6.45) is 0. The predicted octanol–water partition coefficient (Wildman–Crippen LogP) is 4.79. The van der Waals surface area contributed by atoms with Crippen LogP contribution in [0.3, 0.4) is 0 Å². The molecule has 2 aliphatic heterocycles. The minimum absolute atomic E-state index is 0.104. The van der Waals surface area contributed by atoms with Gasteiger partial charge >= 0.3 is 5.97 Å². The van der Waals surface area contributed by atoms with Gasteiger partial charge in [0, 0.05) is 26.5 Å². The van der Waals surface area contributed by atoms with Crippen LogP contribution in [0.25, 0.3) is 0 Å². The lowest BCUT2D eigenvalue weighted by Gasteiger charge is -2.37. The number of ether oxygens (including phenoxy) is 1. The van der Waals surface area contributed by atoms with Gasteiger partial charge in [0.05, 0.1) is 10.0 Å². The highest BCUT2D eigenvalue weighted by Crippen LogP contribution is 2.59. The molecular weight excluding hydrogens is 416 g/mol. The van der Waals surface area contributed by atoms with E-state index in [9.17, 15) is 15.0 Å². The number of aromatic hydroxyl groups is 2. The predicted molar refractivity (Wildman–Crippen MR) is 99.8 cm³/mol. The van der Waals surface area contributed by atoms with Crippen LogP contribution in [-0.4, -0.2) is 16.2 Å². The molecule has 128 valence electrons. The van der Waals surface area contributed by atoms with E-state index in [0.717, 1.165) is 26.5 Å². The van der Waals surface area contributed by atoms with Gasteiger partial charge in [0.1, 0.15) is 11.5 Å². The monoisotopic (exact) mass is 426 g/mol. The van der Waals surface area contributed by atoms with Gasteiger partial charge in [-0.15, -0.1) is 0 Å². The standard InChI is InChI=1S/C20H11BrO4S/c21-17-15(23)8-7-14-18(17)26-16-9-10(22)5-6-13(16)20(14)12-4-2-1-3-11(12)19(24)25-20/h1-9,22-23H. The Morgan fingerprint density at radius 1 is 0.962 bits per heavy atom. The first-order chi connectivity index (χ1) is 12.5. The molecule has 0 saturated heterocycles. The third-order valence-electron chi connectivity index (χ3n) is 4.78. The molecule has 4 nitrogen and oxygen atoms in total. The number of hydrogen-bond donors (Lipinski definition) is 2. The van der Waals surface area contributed by atoms with Crippen molar-refractivity contribution in [1.29, 1.82) is 0 Å². The largest absolute Gasteiger partial charge is 0.508 e. The van der Waals surface area contributed by atoms with Crippen molar-refractivity contribution in [3.05, 3.63) is 81.3 Å². The summed E-state index contributed by atoms with van der Waals surface area (Å²) in [7, 11) is 0. The number of benzene rings is 3. The number of carbonyl (C=O) groups excluding carboxylic acids is 1. The molecule has 0 fully saturated rings. The molecule has 0 saturated carbocycles. The average Bonchev–Trinajstić information content (AvgIpc) is 2.92. The number of rotatable bonds is 0. The summed E-state index contributed by atoms with van der Waals surface area (Å²) in [4.78, 5) is 14.2. The van der Waals surface area contributed by atoms with Gasteiger partial charge in [0.15, 0.2) is 5.60 Å². The van der Waals surface area contributed by atoms with E-state index in [1.165, 1.54) is 11.8 Å². The second kappa shape index (κ2) is 5.28. The second-order valence-corrected chi connectivity index (χ2v) is 8.02. The van der Waals surface area contributed by atoms with Gasteiger partial charge in [-0.05, 0) is 52.3 Å². The van der Waals surface area contributed by atoms with E-state index in [1.54, 1.807) is 36.4 Å². The normalized spacial score (nSPS) is 19.7. The van der Waals surface area contributed by atoms with Crippen LogP contribution in [0.15, 0.2) is 68.9 Å². The van der Waals surface area contributed by atoms with Gasteiger partial charge in [0.2, 0.25) is 0 Å². The highest BCUT2D eigenvalue weighted by molar-refractivity contribution is 9.10. The van der Waals surface area contributed by atoms with Gasteiger partial charge in [-0.2, -0.15) is 0 Å². The van der Waals surface area contributed by atoms with Crippen molar-refractivity contribution in [3.8, 4) is 11.5 Å². The maximum atomic E-state index is 12.6. The summed E-state index contributed by atoms with van der Waals surface area (Å²) in [6, 6.07) is 15.7. The van der Waals surface area contributed by atoms with Crippen LogP contribution in [0.5, 0.6) is 11.5 Å². The topological polar surface area (TPSA) is 66.8 Å². The zero-order valence-electron chi connectivity index (χ0n) is 13.2. The number of phenolic OH excluding ortho intramolecular Hbond substituents is 2. The third-order valence-corrected chi connectivity index (χ3v) is 7.04. The Morgan fingerprint density at radius 2 is 1.73 bits per heavy atom. The van der Waals surface area contributed by atoms with Crippen molar-refractivity contribution < 1.29 is 19.7 Å². The van der Waals surface area contributed by atoms with Gasteiger partial charge in [-0.1, -0.05) is 30.0 Å². The summed E-state index contributed by atoms with van der Waals surface area (Å²) in [5, 5.41) is 20.1. The molecule has 2 aliphatic rings. The second-order valence-electron chi connectivity index (χ2n) is 6.17. The fourth-order valence-electron chi connectivity index (χ4n) is 3.68. The van der Waals surface area contributed by atoms with Crippen LogP contribution in [0.2, 0.25) is 0 Å². The number of hydrogen-bond acceptors (Lipinski definition) is 5. The molecule has 3 aromatic rings. The summed E-state index contributed by atoms with van der Waals surface area (Å²) in [5.74, 6) is -0.155. The smallest absolute Gasteiger partial charge is 0.340 e. The molecule has 26 heavy (non-hydrogen) atoms. The summed E-state index contributed by atoms with van der Waals surface area (Å²) in [5.41, 5.74) is 1.75. The van der Waals surface area contributed by atoms with E-state index in [4.69, 9.17) is 4.74 Å². The van der Waals surface area contributed by atoms with Crippen LogP contribution in [0.4, 0.5) is 0 Å². The quantitative estimate of drug-likeness (QED) is 0.506. The Labute approximate surface area is 161 Å². The molecule has 0 amide bonds. The zero-order chi connectivity index (χ0) is 18.1. The van der Waals surface area contributed by atoms with Crippen molar-refractivity contribution in [2.45, 2.75) is 15.4 Å². The molecule has 1 unspecified atom stereocenters. The first kappa shape index (κ1) is 15.8. The van der Waals surface area contributed by atoms with Gasteiger partial charge in [-0.25, -0.2) is 4.79 Å². The van der Waals surface area contributed by atoms with Crippen molar-refractivity contribution >= 4 is 33.7 Å². The van der Waals surface area contributed by atoms with Crippen LogP contribution < -0.4 is 0 Å². The van der Waals surface area contributed by atoms with Gasteiger partial charge in [0.25, 0.3) is 0 Å². The lowest BCUT2D eigenvalue weighted by molar-refractivity contribution is 0.0232. The van der Waals surface area contributed by atoms with Crippen molar-refractivity contribution in [1.82, 2.24) is 0 Å². The fourth-order valence-corrected chi connectivity index (χ4v) is 5.51. The minimum atomic E-state index is -1.10. The SMILES string of the molecule is O=C1OC2(c3ccc(O)cc3Sc3c2ccc(O)c3Br)c2ccccc21. The maximum absolute atomic E-state index is 12.6. The Morgan fingerprint density at radius 3 is 2.58 bits per heavy atom. The van der Waals surface area contributed by atoms with Crippen molar-refractivity contribution in [2.24, 2.45) is 0 Å². The van der Waals surface area contributed by atoms with Crippen LogP contribution in [0, 0.1) is 0 Å². The number of fused-ring (bicyclic) bond motifs is 6. The van der Waals surface area contributed by atoms with Crippen LogP contribution in [-0.2, 0) is 10.3 Å². The maximum Gasteiger partial charge on any atom is 0.340 e. The number of halogens is 1. The molecule has 2 heterocycles. The van der Waals surface area contributed by atoms with Gasteiger partial charge in [-0.3, -0.25) is 0 Å². The molecule has 3 aromatic carbocycles. The first-order valence-electron chi connectivity index (χ1n) is 7.88. The molecular formula is C20H11BrO4S. The molecule has 1 spiro atoms. The number of phenols is 2. The van der Waals surface area contributed by atoms with Crippen LogP contribution in [0.1, 0.15) is 27.0 Å².